The Balaban J connectivity index is 2.48. The van der Waals surface area contributed by atoms with Gasteiger partial charge in [-0.2, -0.15) is 0 Å². The van der Waals surface area contributed by atoms with Gasteiger partial charge in [0, 0.05) is 12.6 Å². The van der Waals surface area contributed by atoms with Crippen molar-refractivity contribution in [3.8, 4) is 5.75 Å². The van der Waals surface area contributed by atoms with E-state index in [-0.39, 0.29) is 6.04 Å². The molecular formula is C11H16N2O. The Morgan fingerprint density at radius 1 is 1.36 bits per heavy atom. The van der Waals surface area contributed by atoms with Crippen LogP contribution in [-0.2, 0) is 12.8 Å². The topological polar surface area (TPSA) is 72.3 Å². The molecule has 0 heterocycles. The Labute approximate surface area is 83.7 Å². The van der Waals surface area contributed by atoms with E-state index >= 15 is 0 Å². The maximum Gasteiger partial charge on any atom is 0.116 e. The Bertz CT molecular complexity index is 349. The minimum absolute atomic E-state index is 0.144. The summed E-state index contributed by atoms with van der Waals surface area (Å²) < 4.78 is 0. The van der Waals surface area contributed by atoms with Gasteiger partial charge in [0.15, 0.2) is 0 Å². The predicted octanol–water partition coefficient (Wildman–Crippen LogP) is 0.839. The van der Waals surface area contributed by atoms with E-state index in [0.29, 0.717) is 12.3 Å². The van der Waals surface area contributed by atoms with E-state index in [0.717, 1.165) is 24.8 Å². The third-order valence-corrected chi connectivity index (χ3v) is 2.89. The van der Waals surface area contributed by atoms with Crippen molar-refractivity contribution in [2.45, 2.75) is 25.3 Å². The van der Waals surface area contributed by atoms with Gasteiger partial charge in [-0.1, -0.05) is 0 Å². The van der Waals surface area contributed by atoms with Crippen molar-refractivity contribution in [1.82, 2.24) is 0 Å². The summed E-state index contributed by atoms with van der Waals surface area (Å²) in [7, 11) is 0. The van der Waals surface area contributed by atoms with Crippen LogP contribution in [0.1, 0.15) is 29.2 Å². The quantitative estimate of drug-likeness (QED) is 0.650. The average molecular weight is 192 g/mol. The number of phenols is 1. The standard InChI is InChI=1S/C11H16N2O/c12-6-11(13)10-5-8(14)4-7-2-1-3-9(7)10/h4-5,11,14H,1-3,6,12-13H2. The SMILES string of the molecule is NCC(N)c1cc(O)cc2c1CCC2. The summed E-state index contributed by atoms with van der Waals surface area (Å²) in [6, 6.07) is 3.45. The molecule has 1 aliphatic carbocycles. The molecule has 0 aliphatic heterocycles. The highest BCUT2D eigenvalue weighted by Crippen LogP contribution is 2.31. The van der Waals surface area contributed by atoms with Crippen LogP contribution in [0, 0.1) is 0 Å². The predicted molar refractivity (Wildman–Crippen MR) is 56.1 cm³/mol. The van der Waals surface area contributed by atoms with Crippen molar-refractivity contribution in [3.63, 3.8) is 0 Å². The fraction of sp³-hybridized carbons (Fsp3) is 0.455. The second kappa shape index (κ2) is 3.59. The second-order valence-electron chi connectivity index (χ2n) is 3.87. The van der Waals surface area contributed by atoms with Gasteiger partial charge in [0.05, 0.1) is 0 Å². The summed E-state index contributed by atoms with van der Waals surface area (Å²) in [4.78, 5) is 0. The zero-order valence-electron chi connectivity index (χ0n) is 8.16. The lowest BCUT2D eigenvalue weighted by atomic mass is 9.97. The van der Waals surface area contributed by atoms with Crippen LogP contribution in [0.3, 0.4) is 0 Å². The van der Waals surface area contributed by atoms with Gasteiger partial charge < -0.3 is 16.6 Å². The van der Waals surface area contributed by atoms with Crippen molar-refractivity contribution in [2.75, 3.05) is 6.54 Å². The molecule has 0 aromatic heterocycles. The first-order valence-electron chi connectivity index (χ1n) is 5.02. The number of phenolic OH excluding ortho intramolecular Hbond substituents is 1. The maximum absolute atomic E-state index is 9.53. The van der Waals surface area contributed by atoms with Gasteiger partial charge in [0.1, 0.15) is 5.75 Å². The normalized spacial score (nSPS) is 16.7. The molecule has 3 nitrogen and oxygen atoms in total. The summed E-state index contributed by atoms with van der Waals surface area (Å²) in [5.41, 5.74) is 15.0. The monoisotopic (exact) mass is 192 g/mol. The summed E-state index contributed by atoms with van der Waals surface area (Å²) in [5.74, 6) is 0.310. The Hall–Kier alpha value is -1.06. The molecule has 1 unspecified atom stereocenters. The molecule has 0 radical (unpaired) electrons. The summed E-state index contributed by atoms with van der Waals surface area (Å²) >= 11 is 0. The highest BCUT2D eigenvalue weighted by atomic mass is 16.3. The van der Waals surface area contributed by atoms with Gasteiger partial charge in [0.25, 0.3) is 0 Å². The molecule has 0 spiro atoms. The molecule has 2 rings (SSSR count). The van der Waals surface area contributed by atoms with Crippen LogP contribution in [0.25, 0.3) is 0 Å². The van der Waals surface area contributed by atoms with E-state index in [1.54, 1.807) is 6.07 Å². The Morgan fingerprint density at radius 3 is 2.86 bits per heavy atom. The molecule has 1 aromatic rings. The minimum atomic E-state index is -0.144. The third kappa shape index (κ3) is 1.49. The fourth-order valence-electron chi connectivity index (χ4n) is 2.18. The van der Waals surface area contributed by atoms with Crippen LogP contribution >= 0.6 is 0 Å². The largest absolute Gasteiger partial charge is 0.508 e. The molecule has 76 valence electrons. The van der Waals surface area contributed by atoms with E-state index in [1.807, 2.05) is 6.07 Å². The Kier molecular flexibility index (Phi) is 2.44. The first-order chi connectivity index (χ1) is 6.72. The van der Waals surface area contributed by atoms with Gasteiger partial charge >= 0.3 is 0 Å². The Morgan fingerprint density at radius 2 is 2.14 bits per heavy atom. The minimum Gasteiger partial charge on any atom is -0.508 e. The number of nitrogens with two attached hydrogens (primary N) is 2. The molecule has 3 heteroatoms. The molecule has 1 atom stereocenters. The molecule has 0 saturated carbocycles. The summed E-state index contributed by atoms with van der Waals surface area (Å²) in [6.45, 7) is 0.426. The van der Waals surface area contributed by atoms with Gasteiger partial charge in [0.2, 0.25) is 0 Å². The average Bonchev–Trinajstić information content (AvgIpc) is 2.62. The van der Waals surface area contributed by atoms with Gasteiger partial charge in [-0.3, -0.25) is 0 Å². The smallest absolute Gasteiger partial charge is 0.116 e. The van der Waals surface area contributed by atoms with E-state index in [1.165, 1.54) is 11.1 Å². The lowest BCUT2D eigenvalue weighted by molar-refractivity contribution is 0.473. The first kappa shape index (κ1) is 9.49. The fourth-order valence-corrected chi connectivity index (χ4v) is 2.18. The van der Waals surface area contributed by atoms with E-state index in [4.69, 9.17) is 11.5 Å². The molecule has 0 bridgehead atoms. The van der Waals surface area contributed by atoms with E-state index in [9.17, 15) is 5.11 Å². The number of rotatable bonds is 2. The van der Waals surface area contributed by atoms with Crippen molar-refractivity contribution >= 4 is 0 Å². The molecule has 0 saturated heterocycles. The highest BCUT2D eigenvalue weighted by Gasteiger charge is 2.18. The van der Waals surface area contributed by atoms with Gasteiger partial charge in [-0.25, -0.2) is 0 Å². The van der Waals surface area contributed by atoms with Gasteiger partial charge in [-0.05, 0) is 48.1 Å². The number of hydrogen-bond acceptors (Lipinski definition) is 3. The lowest BCUT2D eigenvalue weighted by Crippen LogP contribution is -2.22. The molecule has 5 N–H and O–H groups in total. The molecule has 1 aromatic carbocycles. The maximum atomic E-state index is 9.53. The van der Waals surface area contributed by atoms with Crippen molar-refractivity contribution in [2.24, 2.45) is 11.5 Å². The third-order valence-electron chi connectivity index (χ3n) is 2.89. The van der Waals surface area contributed by atoms with Crippen molar-refractivity contribution < 1.29 is 5.11 Å². The van der Waals surface area contributed by atoms with Crippen LogP contribution in [0.2, 0.25) is 0 Å². The number of benzene rings is 1. The molecular weight excluding hydrogens is 176 g/mol. The van der Waals surface area contributed by atoms with Gasteiger partial charge in [-0.15, -0.1) is 0 Å². The number of aryl methyl sites for hydroxylation is 1. The van der Waals surface area contributed by atoms with Crippen LogP contribution in [-0.4, -0.2) is 11.7 Å². The van der Waals surface area contributed by atoms with Crippen LogP contribution in [0.4, 0.5) is 0 Å². The van der Waals surface area contributed by atoms with E-state index in [2.05, 4.69) is 0 Å². The summed E-state index contributed by atoms with van der Waals surface area (Å²) in [5, 5.41) is 9.53. The zero-order valence-corrected chi connectivity index (χ0v) is 8.16. The first-order valence-corrected chi connectivity index (χ1v) is 5.02. The van der Waals surface area contributed by atoms with Crippen LogP contribution in [0.5, 0.6) is 5.75 Å². The highest BCUT2D eigenvalue weighted by molar-refractivity contribution is 5.45. The summed E-state index contributed by atoms with van der Waals surface area (Å²) in [6.07, 6.45) is 3.27. The van der Waals surface area contributed by atoms with E-state index < -0.39 is 0 Å². The van der Waals surface area contributed by atoms with Crippen LogP contribution in [0.15, 0.2) is 12.1 Å². The second-order valence-corrected chi connectivity index (χ2v) is 3.87. The molecule has 14 heavy (non-hydrogen) atoms. The van der Waals surface area contributed by atoms with Crippen molar-refractivity contribution in [3.05, 3.63) is 28.8 Å². The molecule has 0 amide bonds. The van der Waals surface area contributed by atoms with Crippen LogP contribution < -0.4 is 11.5 Å². The number of fused-ring (bicyclic) bond motifs is 1. The lowest BCUT2D eigenvalue weighted by Gasteiger charge is -2.14. The van der Waals surface area contributed by atoms with Crippen molar-refractivity contribution in [1.29, 1.82) is 0 Å². The molecule has 0 fully saturated rings. The number of aromatic hydroxyl groups is 1. The molecule has 1 aliphatic rings. The zero-order chi connectivity index (χ0) is 10.1. The number of hydrogen-bond donors (Lipinski definition) is 3.